The van der Waals surface area contributed by atoms with E-state index in [1.165, 1.54) is 13.0 Å². The summed E-state index contributed by atoms with van der Waals surface area (Å²) in [5.41, 5.74) is 1.33. The maximum absolute atomic E-state index is 13.9. The molecular formula is C16H15F2NO. The summed E-state index contributed by atoms with van der Waals surface area (Å²) in [7, 11) is 0. The number of Topliss-reactive ketones (excluding diaryl/α,β-unsaturated/α-hetero) is 1. The van der Waals surface area contributed by atoms with Crippen LogP contribution in [0.4, 0.5) is 8.78 Å². The quantitative estimate of drug-likeness (QED) is 0.797. The summed E-state index contributed by atoms with van der Waals surface area (Å²) in [6, 6.07) is 6.00. The number of rotatable bonds is 4. The third kappa shape index (κ3) is 2.90. The normalized spacial score (nSPS) is 10.6. The van der Waals surface area contributed by atoms with Gasteiger partial charge in [-0.15, -0.1) is 0 Å². The number of nitrogens with zero attached hydrogens (tertiary/aromatic N) is 1. The third-order valence-electron chi connectivity index (χ3n) is 3.20. The Labute approximate surface area is 116 Å². The van der Waals surface area contributed by atoms with Crippen molar-refractivity contribution in [3.8, 4) is 0 Å². The number of halogens is 2. The fourth-order valence-electron chi connectivity index (χ4n) is 1.93. The first-order chi connectivity index (χ1) is 9.52. The smallest absolute Gasteiger partial charge is 0.174 e. The summed E-state index contributed by atoms with van der Waals surface area (Å²) in [6.07, 6.45) is 2.41. The second kappa shape index (κ2) is 5.90. The molecule has 0 amide bonds. The molecule has 0 bridgehead atoms. The molecule has 0 atom stereocenters. The topological polar surface area (TPSA) is 30.0 Å². The van der Waals surface area contributed by atoms with Gasteiger partial charge < -0.3 is 0 Å². The average Bonchev–Trinajstić information content (AvgIpc) is 2.44. The number of carbonyl (C=O) groups excluding carboxylic acids is 1. The zero-order valence-corrected chi connectivity index (χ0v) is 11.4. The van der Waals surface area contributed by atoms with E-state index in [2.05, 4.69) is 4.98 Å². The molecule has 4 heteroatoms. The van der Waals surface area contributed by atoms with Gasteiger partial charge in [0, 0.05) is 11.9 Å². The Morgan fingerprint density at radius 3 is 2.55 bits per heavy atom. The van der Waals surface area contributed by atoms with Crippen molar-refractivity contribution < 1.29 is 13.6 Å². The molecule has 1 heterocycles. The van der Waals surface area contributed by atoms with Gasteiger partial charge in [0.25, 0.3) is 0 Å². The molecule has 104 valence electrons. The van der Waals surface area contributed by atoms with Gasteiger partial charge in [-0.25, -0.2) is 8.78 Å². The van der Waals surface area contributed by atoms with Crippen molar-refractivity contribution in [2.75, 3.05) is 0 Å². The standard InChI is InChI=1S/C16H15F2NO/c1-3-11-5-6-12(19-9-11)8-14(20)15-13(17)7-4-10(2)16(15)18/h4-7,9H,3,8H2,1-2H3. The molecule has 0 radical (unpaired) electrons. The van der Waals surface area contributed by atoms with Crippen LogP contribution >= 0.6 is 0 Å². The number of aromatic nitrogens is 1. The van der Waals surface area contributed by atoms with Crippen LogP contribution in [0.3, 0.4) is 0 Å². The van der Waals surface area contributed by atoms with Crippen LogP contribution in [0.5, 0.6) is 0 Å². The molecule has 2 nitrogen and oxygen atoms in total. The monoisotopic (exact) mass is 275 g/mol. The molecule has 0 N–H and O–H groups in total. The zero-order chi connectivity index (χ0) is 14.7. The van der Waals surface area contributed by atoms with Crippen LogP contribution in [0.15, 0.2) is 30.5 Å². The van der Waals surface area contributed by atoms with Crippen molar-refractivity contribution in [2.24, 2.45) is 0 Å². The molecule has 2 rings (SSSR count). The highest BCUT2D eigenvalue weighted by Gasteiger charge is 2.19. The molecule has 0 fully saturated rings. The Morgan fingerprint density at radius 1 is 1.20 bits per heavy atom. The fraction of sp³-hybridized carbons (Fsp3) is 0.250. The summed E-state index contributed by atoms with van der Waals surface area (Å²) < 4.78 is 27.5. The van der Waals surface area contributed by atoms with Crippen LogP contribution < -0.4 is 0 Å². The van der Waals surface area contributed by atoms with Crippen LogP contribution in [-0.4, -0.2) is 10.8 Å². The first-order valence-corrected chi connectivity index (χ1v) is 6.44. The van der Waals surface area contributed by atoms with Crippen molar-refractivity contribution in [1.82, 2.24) is 4.98 Å². The Hall–Kier alpha value is -2.10. The maximum atomic E-state index is 13.9. The minimum Gasteiger partial charge on any atom is -0.294 e. The van der Waals surface area contributed by atoms with E-state index in [1.807, 2.05) is 13.0 Å². The van der Waals surface area contributed by atoms with Gasteiger partial charge in [-0.2, -0.15) is 0 Å². The lowest BCUT2D eigenvalue weighted by molar-refractivity contribution is 0.0983. The molecule has 1 aromatic heterocycles. The minimum atomic E-state index is -0.830. The summed E-state index contributed by atoms with van der Waals surface area (Å²) in [5, 5.41) is 0. The highest BCUT2D eigenvalue weighted by atomic mass is 19.1. The Bertz CT molecular complexity index is 636. The molecule has 1 aromatic carbocycles. The number of ketones is 1. The molecule has 0 saturated carbocycles. The van der Waals surface area contributed by atoms with Crippen molar-refractivity contribution in [1.29, 1.82) is 0 Å². The van der Waals surface area contributed by atoms with Crippen molar-refractivity contribution >= 4 is 5.78 Å². The van der Waals surface area contributed by atoms with Gasteiger partial charge >= 0.3 is 0 Å². The van der Waals surface area contributed by atoms with Crippen LogP contribution in [0.25, 0.3) is 0 Å². The summed E-state index contributed by atoms with van der Waals surface area (Å²) in [5.74, 6) is -2.22. The van der Waals surface area contributed by atoms with Gasteiger partial charge in [0.15, 0.2) is 5.78 Å². The minimum absolute atomic E-state index is 0.110. The van der Waals surface area contributed by atoms with Crippen molar-refractivity contribution in [3.63, 3.8) is 0 Å². The molecule has 20 heavy (non-hydrogen) atoms. The zero-order valence-electron chi connectivity index (χ0n) is 11.4. The Kier molecular flexibility index (Phi) is 4.23. The number of hydrogen-bond donors (Lipinski definition) is 0. The lowest BCUT2D eigenvalue weighted by Crippen LogP contribution is -2.11. The van der Waals surface area contributed by atoms with Crippen LogP contribution in [0, 0.1) is 18.6 Å². The van der Waals surface area contributed by atoms with E-state index in [9.17, 15) is 13.6 Å². The van der Waals surface area contributed by atoms with Gasteiger partial charge in [-0.3, -0.25) is 9.78 Å². The third-order valence-corrected chi connectivity index (χ3v) is 3.20. The van der Waals surface area contributed by atoms with E-state index in [0.717, 1.165) is 18.1 Å². The largest absolute Gasteiger partial charge is 0.294 e. The lowest BCUT2D eigenvalue weighted by atomic mass is 10.0. The molecule has 0 aliphatic rings. The number of benzene rings is 1. The Balaban J connectivity index is 2.26. The van der Waals surface area contributed by atoms with Gasteiger partial charge in [-0.1, -0.05) is 19.1 Å². The summed E-state index contributed by atoms with van der Waals surface area (Å²) in [4.78, 5) is 16.2. The molecule has 0 unspecified atom stereocenters. The summed E-state index contributed by atoms with van der Waals surface area (Å²) in [6.45, 7) is 3.50. The van der Waals surface area contributed by atoms with E-state index in [-0.39, 0.29) is 12.0 Å². The molecule has 0 aliphatic heterocycles. The SMILES string of the molecule is CCc1ccc(CC(=O)c2c(F)ccc(C)c2F)nc1. The van der Waals surface area contributed by atoms with Gasteiger partial charge in [0.05, 0.1) is 12.0 Å². The number of aryl methyl sites for hydroxylation is 2. The fourth-order valence-corrected chi connectivity index (χ4v) is 1.93. The van der Waals surface area contributed by atoms with E-state index in [1.54, 1.807) is 12.3 Å². The molecule has 2 aromatic rings. The van der Waals surface area contributed by atoms with Gasteiger partial charge in [0.2, 0.25) is 0 Å². The highest BCUT2D eigenvalue weighted by molar-refractivity contribution is 5.98. The second-order valence-electron chi connectivity index (χ2n) is 4.66. The first-order valence-electron chi connectivity index (χ1n) is 6.44. The Morgan fingerprint density at radius 2 is 1.95 bits per heavy atom. The van der Waals surface area contributed by atoms with Crippen LogP contribution in [0.1, 0.15) is 34.1 Å². The second-order valence-corrected chi connectivity index (χ2v) is 4.66. The molecule has 0 saturated heterocycles. The first kappa shape index (κ1) is 14.3. The van der Waals surface area contributed by atoms with E-state index >= 15 is 0 Å². The molecule has 0 spiro atoms. The molecular weight excluding hydrogens is 260 g/mol. The van der Waals surface area contributed by atoms with Crippen molar-refractivity contribution in [3.05, 3.63) is 64.5 Å². The van der Waals surface area contributed by atoms with Crippen LogP contribution in [-0.2, 0) is 12.8 Å². The van der Waals surface area contributed by atoms with Gasteiger partial charge in [0.1, 0.15) is 11.6 Å². The van der Waals surface area contributed by atoms with Crippen molar-refractivity contribution in [2.45, 2.75) is 26.7 Å². The maximum Gasteiger partial charge on any atom is 0.174 e. The number of hydrogen-bond acceptors (Lipinski definition) is 2. The van der Waals surface area contributed by atoms with E-state index < -0.39 is 23.0 Å². The predicted molar refractivity (Wildman–Crippen MR) is 72.7 cm³/mol. The van der Waals surface area contributed by atoms with E-state index in [4.69, 9.17) is 0 Å². The lowest BCUT2D eigenvalue weighted by Gasteiger charge is -2.06. The predicted octanol–water partition coefficient (Wildman–Crippen LogP) is 3.66. The number of carbonyl (C=O) groups is 1. The van der Waals surface area contributed by atoms with E-state index in [0.29, 0.717) is 5.69 Å². The number of pyridine rings is 1. The van der Waals surface area contributed by atoms with Gasteiger partial charge in [-0.05, 0) is 36.6 Å². The molecule has 0 aliphatic carbocycles. The highest BCUT2D eigenvalue weighted by Crippen LogP contribution is 2.18. The van der Waals surface area contributed by atoms with Crippen LogP contribution in [0.2, 0.25) is 0 Å². The average molecular weight is 275 g/mol. The summed E-state index contributed by atoms with van der Waals surface area (Å²) >= 11 is 0.